The number of halogens is 1. The predicted octanol–water partition coefficient (Wildman–Crippen LogP) is 5.19. The third-order valence-corrected chi connectivity index (χ3v) is 7.69. The first-order valence-corrected chi connectivity index (χ1v) is 15.1. The van der Waals surface area contributed by atoms with Crippen LogP contribution in [-0.4, -0.2) is 60.3 Å². The van der Waals surface area contributed by atoms with Crippen molar-refractivity contribution < 1.29 is 19.1 Å². The number of aliphatic imine (C=N–C) groups is 1. The van der Waals surface area contributed by atoms with Crippen molar-refractivity contribution in [3.05, 3.63) is 90.1 Å². The second-order valence-electron chi connectivity index (χ2n) is 10.4. The summed E-state index contributed by atoms with van der Waals surface area (Å²) >= 11 is 5.74. The lowest BCUT2D eigenvalue weighted by molar-refractivity contribution is -0.123. The van der Waals surface area contributed by atoms with Gasteiger partial charge in [-0.25, -0.2) is 4.98 Å². The minimum absolute atomic E-state index is 0.127. The zero-order valence-electron chi connectivity index (χ0n) is 25.1. The van der Waals surface area contributed by atoms with E-state index in [1.165, 1.54) is 0 Å². The first kappa shape index (κ1) is 31.3. The van der Waals surface area contributed by atoms with Gasteiger partial charge in [0.25, 0.3) is 5.91 Å². The molecule has 45 heavy (non-hydrogen) atoms. The molecule has 0 aliphatic carbocycles. The van der Waals surface area contributed by atoms with Crippen LogP contribution in [0.3, 0.4) is 0 Å². The molecule has 11 heteroatoms. The predicted molar refractivity (Wildman–Crippen MR) is 178 cm³/mol. The number of nitrogens with one attached hydrogen (secondary N) is 3. The maximum atomic E-state index is 13.9. The molecule has 3 aromatic carbocycles. The van der Waals surface area contributed by atoms with Crippen molar-refractivity contribution in [1.82, 2.24) is 20.6 Å². The van der Waals surface area contributed by atoms with Gasteiger partial charge in [0.05, 0.1) is 31.3 Å². The highest BCUT2D eigenvalue weighted by molar-refractivity contribution is 6.28. The molecule has 0 fully saturated rings. The highest BCUT2D eigenvalue weighted by Crippen LogP contribution is 2.36. The Labute approximate surface area is 266 Å². The smallest absolute Gasteiger partial charge is 0.270 e. The number of nitrogens with zero attached hydrogens (tertiary/aromatic N) is 2. The van der Waals surface area contributed by atoms with Gasteiger partial charge in [-0.05, 0) is 48.7 Å². The lowest BCUT2D eigenvalue weighted by atomic mass is 10.1. The van der Waals surface area contributed by atoms with Gasteiger partial charge in [-0.1, -0.05) is 48.5 Å². The van der Waals surface area contributed by atoms with Crippen LogP contribution >= 0.6 is 11.6 Å². The van der Waals surface area contributed by atoms with Crippen LogP contribution in [0.1, 0.15) is 28.9 Å². The molecular weight excluding hydrogens is 592 g/mol. The number of H-pyrrole nitrogens is 1. The molecule has 5 N–H and O–H groups in total. The van der Waals surface area contributed by atoms with Crippen molar-refractivity contribution in [3.63, 3.8) is 0 Å². The summed E-state index contributed by atoms with van der Waals surface area (Å²) < 4.78 is 11.0. The van der Waals surface area contributed by atoms with E-state index in [1.54, 1.807) is 26.4 Å². The van der Waals surface area contributed by atoms with Crippen LogP contribution in [0.4, 0.5) is 0 Å². The number of rotatable bonds is 13. The van der Waals surface area contributed by atoms with Gasteiger partial charge in [0.15, 0.2) is 11.5 Å². The molecule has 5 rings (SSSR count). The van der Waals surface area contributed by atoms with Gasteiger partial charge < -0.3 is 30.8 Å². The number of hydrogen-bond acceptors (Lipinski definition) is 6. The molecule has 2 aromatic heterocycles. The average molecular weight is 627 g/mol. The fourth-order valence-electron chi connectivity index (χ4n) is 5.12. The summed E-state index contributed by atoms with van der Waals surface area (Å²) in [7, 11) is 3.14. The van der Waals surface area contributed by atoms with Gasteiger partial charge in [-0.2, -0.15) is 0 Å². The largest absolute Gasteiger partial charge is 0.493 e. The Bertz CT molecular complexity index is 1840. The third kappa shape index (κ3) is 7.35. The van der Waals surface area contributed by atoms with Crippen molar-refractivity contribution in [2.45, 2.75) is 25.4 Å². The molecule has 0 spiro atoms. The molecule has 0 saturated carbocycles. The second kappa shape index (κ2) is 14.6. The minimum atomic E-state index is -0.835. The number of alkyl halides is 1. The van der Waals surface area contributed by atoms with E-state index in [-0.39, 0.29) is 17.5 Å². The first-order valence-electron chi connectivity index (χ1n) is 14.5. The molecule has 0 radical (unpaired) electrons. The number of aromatic nitrogens is 2. The SMILES string of the molecule is COc1ccc(-c2nc(C(=O)N[C@@H](CCCN=C(N)CCl)C(=O)NCc3ccccc3)cc3c2[nH]c2ccccc23)cc1OC. The van der Waals surface area contributed by atoms with Crippen LogP contribution < -0.4 is 25.8 Å². The number of pyridine rings is 1. The molecule has 2 amide bonds. The Morgan fingerprint density at radius 2 is 1.73 bits per heavy atom. The number of para-hydroxylation sites is 1. The topological polar surface area (TPSA) is 144 Å². The van der Waals surface area contributed by atoms with Gasteiger partial charge in [0.1, 0.15) is 17.6 Å². The lowest BCUT2D eigenvalue weighted by Crippen LogP contribution is -2.46. The van der Waals surface area contributed by atoms with Crippen LogP contribution in [0.25, 0.3) is 33.1 Å². The molecule has 0 saturated heterocycles. The number of amidine groups is 1. The van der Waals surface area contributed by atoms with Crippen molar-refractivity contribution in [2.24, 2.45) is 10.7 Å². The summed E-state index contributed by atoms with van der Waals surface area (Å²) in [5.41, 5.74) is 9.81. The van der Waals surface area contributed by atoms with Crippen molar-refractivity contribution in [1.29, 1.82) is 0 Å². The van der Waals surface area contributed by atoms with Crippen molar-refractivity contribution >= 4 is 51.1 Å². The summed E-state index contributed by atoms with van der Waals surface area (Å²) in [6.45, 7) is 0.701. The summed E-state index contributed by atoms with van der Waals surface area (Å²) in [6.07, 6.45) is 0.844. The Kier molecular flexibility index (Phi) is 10.2. The third-order valence-electron chi connectivity index (χ3n) is 7.42. The zero-order chi connectivity index (χ0) is 31.8. The van der Waals surface area contributed by atoms with Crippen LogP contribution in [0.2, 0.25) is 0 Å². The molecule has 0 aliphatic rings. The average Bonchev–Trinajstić information content (AvgIpc) is 3.46. The first-order chi connectivity index (χ1) is 21.9. The van der Waals surface area contributed by atoms with E-state index in [9.17, 15) is 9.59 Å². The number of ether oxygens (including phenoxy) is 2. The maximum absolute atomic E-state index is 13.9. The molecule has 232 valence electrons. The van der Waals surface area contributed by atoms with E-state index < -0.39 is 11.9 Å². The molecular formula is C34H35ClN6O4. The lowest BCUT2D eigenvalue weighted by Gasteiger charge is -2.19. The Hall–Kier alpha value is -5.09. The summed E-state index contributed by atoms with van der Waals surface area (Å²) in [4.78, 5) is 39.7. The van der Waals surface area contributed by atoms with Crippen molar-refractivity contribution in [2.75, 3.05) is 26.6 Å². The van der Waals surface area contributed by atoms with Crippen LogP contribution in [0.15, 0.2) is 83.9 Å². The fourth-order valence-corrected chi connectivity index (χ4v) is 5.21. The molecule has 5 aromatic rings. The minimum Gasteiger partial charge on any atom is -0.493 e. The second-order valence-corrected chi connectivity index (χ2v) is 10.7. The number of amides is 2. The monoisotopic (exact) mass is 626 g/mol. The highest BCUT2D eigenvalue weighted by atomic mass is 35.5. The number of carbonyl (C=O) groups excluding carboxylic acids is 2. The molecule has 1 atom stereocenters. The zero-order valence-corrected chi connectivity index (χ0v) is 25.9. The van der Waals surface area contributed by atoms with Crippen molar-refractivity contribution in [3.8, 4) is 22.8 Å². The summed E-state index contributed by atoms with van der Waals surface area (Å²) in [5.74, 6) is 0.766. The van der Waals surface area contributed by atoms with Gasteiger partial charge in [-0.3, -0.25) is 14.6 Å². The van der Waals surface area contributed by atoms with Crippen LogP contribution in [0.5, 0.6) is 11.5 Å². The van der Waals surface area contributed by atoms with E-state index in [4.69, 9.17) is 31.8 Å². The van der Waals surface area contributed by atoms with Crippen LogP contribution in [-0.2, 0) is 11.3 Å². The number of carbonyl (C=O) groups is 2. The van der Waals surface area contributed by atoms with E-state index in [0.29, 0.717) is 49.0 Å². The number of nitrogens with two attached hydrogens (primary N) is 1. The number of fused-ring (bicyclic) bond motifs is 3. The number of benzene rings is 3. The van der Waals surface area contributed by atoms with Gasteiger partial charge in [0.2, 0.25) is 5.91 Å². The van der Waals surface area contributed by atoms with E-state index in [2.05, 4.69) is 20.6 Å². The Morgan fingerprint density at radius 3 is 2.49 bits per heavy atom. The van der Waals surface area contributed by atoms with E-state index in [1.807, 2.05) is 66.7 Å². The number of methoxy groups -OCH3 is 2. The molecule has 0 aliphatic heterocycles. The number of hydrogen-bond donors (Lipinski definition) is 4. The Morgan fingerprint density at radius 1 is 0.978 bits per heavy atom. The van der Waals surface area contributed by atoms with Gasteiger partial charge in [0, 0.05) is 34.9 Å². The Balaban J connectivity index is 1.48. The quantitative estimate of drug-likeness (QED) is 0.0613. The molecule has 0 bridgehead atoms. The standard InChI is InChI=1S/C34H35ClN6O4/c1-44-28-15-14-22(17-29(28)45-2)31-32-24(23-11-6-7-12-25(23)39-32)18-27(40-31)34(43)41-26(13-8-16-37-30(36)19-35)33(42)38-20-21-9-4-3-5-10-21/h3-7,9-12,14-15,17-18,26,39H,8,13,16,19-20H2,1-2H3,(H2,36,37)(H,38,42)(H,41,43)/t26-/m0/s1. The summed E-state index contributed by atoms with van der Waals surface area (Å²) in [5, 5.41) is 7.63. The van der Waals surface area contributed by atoms with E-state index >= 15 is 0 Å². The molecule has 0 unspecified atom stereocenters. The van der Waals surface area contributed by atoms with Crippen LogP contribution in [0, 0.1) is 0 Å². The maximum Gasteiger partial charge on any atom is 0.270 e. The fraction of sp³-hybridized carbons (Fsp3) is 0.235. The number of aromatic amines is 1. The highest BCUT2D eigenvalue weighted by Gasteiger charge is 2.24. The summed E-state index contributed by atoms with van der Waals surface area (Å²) in [6, 6.07) is 23.8. The van der Waals surface area contributed by atoms with Gasteiger partial charge >= 0.3 is 0 Å². The van der Waals surface area contributed by atoms with Gasteiger partial charge in [-0.15, -0.1) is 11.6 Å². The normalized spacial score (nSPS) is 12.2. The van der Waals surface area contributed by atoms with E-state index in [0.717, 1.165) is 32.9 Å². The molecule has 10 nitrogen and oxygen atoms in total. The molecule has 2 heterocycles.